The van der Waals surface area contributed by atoms with Crippen LogP contribution in [0.15, 0.2) is 140 Å². The number of ether oxygens (including phenoxy) is 3. The summed E-state index contributed by atoms with van der Waals surface area (Å²) >= 11 is 6.68. The first kappa shape index (κ1) is 81.1. The van der Waals surface area contributed by atoms with Gasteiger partial charge in [-0.15, -0.1) is 37.2 Å². The van der Waals surface area contributed by atoms with Gasteiger partial charge in [-0.2, -0.15) is 26.3 Å². The molecule has 101 heavy (non-hydrogen) atoms. The van der Waals surface area contributed by atoms with Crippen LogP contribution in [0.25, 0.3) is 11.1 Å². The molecule has 1 spiro atoms. The molecule has 10 rings (SSSR count). The number of halogens is 11. The number of carbonyl (C=O) groups excluding carboxylic acids is 5. The van der Waals surface area contributed by atoms with Crippen LogP contribution in [0.3, 0.4) is 0 Å². The molecule has 2 N–H and O–H groups in total. The van der Waals surface area contributed by atoms with Crippen molar-refractivity contribution in [2.45, 2.75) is 106 Å². The number of amides is 5. The number of unbranched alkanes of at least 4 members (excludes halogenated alkanes) is 2. The Morgan fingerprint density at radius 3 is 1.99 bits per heavy atom. The number of rotatable bonds is 26. The number of likely N-dealkylation sites (tertiary alicyclic amines) is 2. The highest BCUT2D eigenvalue weighted by Crippen LogP contribution is 2.49. The van der Waals surface area contributed by atoms with Gasteiger partial charge in [0.25, 0.3) is 11.8 Å². The van der Waals surface area contributed by atoms with Gasteiger partial charge >= 0.3 is 18.4 Å². The normalized spacial score (nSPS) is 17.6. The van der Waals surface area contributed by atoms with E-state index in [9.17, 15) is 54.7 Å². The fourth-order valence-electron chi connectivity index (χ4n) is 13.8. The molecule has 3 heterocycles. The van der Waals surface area contributed by atoms with Crippen molar-refractivity contribution in [2.24, 2.45) is 0 Å². The molecule has 6 aromatic carbocycles. The summed E-state index contributed by atoms with van der Waals surface area (Å²) < 4.78 is 116. The third-order valence-corrected chi connectivity index (χ3v) is 19.9. The number of carbonyl (C=O) groups is 5. The highest BCUT2D eigenvalue weighted by Gasteiger charge is 2.50. The Morgan fingerprint density at radius 2 is 1.31 bits per heavy atom. The molecule has 5 amide bonds. The van der Waals surface area contributed by atoms with E-state index in [1.54, 1.807) is 40.9 Å². The minimum Gasteiger partial charge on any atom is -0.446 e. The van der Waals surface area contributed by atoms with E-state index in [-0.39, 0.29) is 92.8 Å². The summed E-state index contributed by atoms with van der Waals surface area (Å²) in [6.07, 6.45) is -4.28. The lowest BCUT2D eigenvalue weighted by Crippen LogP contribution is -2.50. The second-order valence-corrected chi connectivity index (χ2v) is 26.5. The topological polar surface area (TPSA) is 157 Å². The average Bonchev–Trinajstić information content (AvgIpc) is 1.61. The van der Waals surface area contributed by atoms with E-state index < -0.39 is 64.6 Å². The van der Waals surface area contributed by atoms with Gasteiger partial charge in [0, 0.05) is 102 Å². The predicted molar refractivity (Wildman–Crippen MR) is 382 cm³/mol. The number of nitrogens with zero attached hydrogens (tertiary/aromatic N) is 6. The van der Waals surface area contributed by atoms with Crippen LogP contribution in [0.4, 0.5) is 46.9 Å². The summed E-state index contributed by atoms with van der Waals surface area (Å²) in [4.78, 5) is 77.5. The van der Waals surface area contributed by atoms with Gasteiger partial charge in [-0.1, -0.05) is 103 Å². The van der Waals surface area contributed by atoms with Crippen LogP contribution in [-0.4, -0.2) is 178 Å². The zero-order chi connectivity index (χ0) is 69.8. The lowest BCUT2D eigenvalue weighted by atomic mass is 9.72. The molecule has 3 fully saturated rings. The first-order valence-electron chi connectivity index (χ1n) is 33.4. The molecular formula is C74H87Cl4F7N8O8. The van der Waals surface area contributed by atoms with Gasteiger partial charge in [-0.3, -0.25) is 24.5 Å². The first-order chi connectivity index (χ1) is 46.9. The zero-order valence-electron chi connectivity index (χ0n) is 56.6. The molecule has 0 bridgehead atoms. The van der Waals surface area contributed by atoms with Crippen molar-refractivity contribution in [3.8, 4) is 11.1 Å². The summed E-state index contributed by atoms with van der Waals surface area (Å²) in [6.45, 7) is 5.07. The zero-order valence-corrected chi connectivity index (χ0v) is 59.8. The van der Waals surface area contributed by atoms with E-state index >= 15 is 0 Å². The molecule has 0 aromatic heterocycles. The largest absolute Gasteiger partial charge is 0.446 e. The summed E-state index contributed by atoms with van der Waals surface area (Å²) in [6, 6.07) is 37.1. The summed E-state index contributed by atoms with van der Waals surface area (Å²) in [5.41, 5.74) is 0.815. The Hall–Kier alpha value is -7.22. The first-order valence-corrected chi connectivity index (χ1v) is 33.8. The van der Waals surface area contributed by atoms with Gasteiger partial charge in [0.1, 0.15) is 30.9 Å². The number of para-hydroxylation sites is 1. The predicted octanol–water partition coefficient (Wildman–Crippen LogP) is 14.9. The van der Waals surface area contributed by atoms with Crippen molar-refractivity contribution >= 4 is 89.9 Å². The molecule has 16 nitrogen and oxygen atoms in total. The van der Waals surface area contributed by atoms with Crippen LogP contribution in [0, 0.1) is 5.82 Å². The summed E-state index contributed by atoms with van der Waals surface area (Å²) in [5.74, 6) is -1.98. The molecule has 1 aliphatic carbocycles. The lowest BCUT2D eigenvalue weighted by molar-refractivity contribution is -0.143. The van der Waals surface area contributed by atoms with Crippen molar-refractivity contribution in [1.29, 1.82) is 0 Å². The molecule has 0 unspecified atom stereocenters. The fraction of sp³-hybridized carbons (Fsp3) is 0.446. The van der Waals surface area contributed by atoms with Crippen molar-refractivity contribution in [3.05, 3.63) is 189 Å². The molecule has 4 aliphatic rings. The van der Waals surface area contributed by atoms with Crippen LogP contribution in [0.1, 0.15) is 113 Å². The van der Waals surface area contributed by atoms with Gasteiger partial charge < -0.3 is 48.9 Å². The van der Waals surface area contributed by atoms with Crippen molar-refractivity contribution in [1.82, 2.24) is 29.4 Å². The van der Waals surface area contributed by atoms with E-state index in [0.29, 0.717) is 112 Å². The number of hydrogen-bond donors (Lipinski definition) is 2. The molecule has 6 aromatic rings. The number of piperidine rings is 2. The van der Waals surface area contributed by atoms with Gasteiger partial charge in [-0.25, -0.2) is 9.18 Å². The number of alkyl halides is 6. The average molecular weight is 1490 g/mol. The number of hydrogen-bond acceptors (Lipinski definition) is 11. The van der Waals surface area contributed by atoms with Crippen molar-refractivity contribution in [3.63, 3.8) is 0 Å². The Kier molecular flexibility index (Phi) is 29.1. The highest BCUT2D eigenvalue weighted by atomic mass is 35.5. The summed E-state index contributed by atoms with van der Waals surface area (Å²) in [7, 11) is 5.23. The fourth-order valence-corrected chi connectivity index (χ4v) is 14.0. The van der Waals surface area contributed by atoms with E-state index in [2.05, 4.69) is 32.6 Å². The number of benzene rings is 6. The van der Waals surface area contributed by atoms with Crippen LogP contribution >= 0.6 is 48.8 Å². The van der Waals surface area contributed by atoms with Crippen LogP contribution in [-0.2, 0) is 53.6 Å². The number of fused-ring (bicyclic) bond motifs is 2. The molecule has 0 radical (unpaired) electrons. The monoisotopic (exact) mass is 1490 g/mol. The van der Waals surface area contributed by atoms with E-state index in [1.165, 1.54) is 24.3 Å². The lowest BCUT2D eigenvalue weighted by Gasteiger charge is -2.44. The Labute approximate surface area is 608 Å². The maximum atomic E-state index is 14.2. The van der Waals surface area contributed by atoms with E-state index in [0.717, 1.165) is 84.6 Å². The summed E-state index contributed by atoms with van der Waals surface area (Å²) in [5, 5.41) is 6.60. The maximum absolute atomic E-state index is 14.2. The minimum absolute atomic E-state index is 0. The molecule has 3 saturated heterocycles. The van der Waals surface area contributed by atoms with Crippen LogP contribution < -0.4 is 10.6 Å². The molecule has 2 atom stereocenters. The molecule has 0 saturated carbocycles. The smallest absolute Gasteiger partial charge is 0.416 e. The van der Waals surface area contributed by atoms with Gasteiger partial charge in [0.2, 0.25) is 11.8 Å². The van der Waals surface area contributed by atoms with Gasteiger partial charge in [-0.05, 0) is 148 Å². The highest BCUT2D eigenvalue weighted by molar-refractivity contribution is 6.34. The third kappa shape index (κ3) is 20.8. The quantitative estimate of drug-likeness (QED) is 0.0394. The second-order valence-electron chi connectivity index (χ2n) is 26.1. The second kappa shape index (κ2) is 36.3. The molecular weight excluding hydrogens is 1400 g/mol. The Bertz CT molecular complexity index is 3720. The van der Waals surface area contributed by atoms with Gasteiger partial charge in [0.15, 0.2) is 0 Å². The van der Waals surface area contributed by atoms with Crippen LogP contribution in [0.5, 0.6) is 0 Å². The molecule has 548 valence electrons. The van der Waals surface area contributed by atoms with E-state index in [1.807, 2.05) is 79.8 Å². The Morgan fingerprint density at radius 1 is 0.673 bits per heavy atom. The number of likely N-dealkylation sites (N-methyl/N-ethyl adjacent to an activating group) is 2. The number of anilines is 2. The molecule has 3 aliphatic heterocycles. The van der Waals surface area contributed by atoms with E-state index in [4.69, 9.17) is 25.8 Å². The van der Waals surface area contributed by atoms with Gasteiger partial charge in [0.05, 0.1) is 40.0 Å². The number of nitrogens with one attached hydrogen (secondary N) is 2. The Balaban J connectivity index is 0.00000477. The maximum Gasteiger partial charge on any atom is 0.416 e. The third-order valence-electron chi connectivity index (χ3n) is 19.6. The van der Waals surface area contributed by atoms with Crippen LogP contribution in [0.2, 0.25) is 5.02 Å². The SMILES string of the molecule is CN(CCN1CCC(OC(=O)Nc2ccccc2-c2ccccc2)CC1)C(=O)CCCCCNc1ccc(C(=O)N(C)CCCN(C)C(=O)CO[C@H]2Cc3ccccc3C23CCN(CC[C@]2(c4ccc(F)cc4)CN(C(=O)c4cc(C(F)(F)F)cc(C(F)(F)F)c4)CO2)CC3)c(Cl)c1.Cl.Cl.Cl. The molecule has 27 heteroatoms. The van der Waals surface area contributed by atoms with Crippen molar-refractivity contribution in [2.75, 3.05) is 117 Å². The minimum atomic E-state index is -5.15. The standard InChI is InChI=1S/C74H84ClF7N8O8.3ClH/c1-85(34-14-35-87(3)69(94)61-27-26-58(47-63(61)75)83-33-13-5-8-21-66(91)86(2)41-42-88-36-28-59(29-37-88)98-70(95)84-64-20-12-10-18-60(64)51-15-6-4-7-16-51)67(92)48-96-65-45-52-17-9-11-19-62(52)71(65)30-38-89(39-31-71)40-32-72(54-22-24-57(76)25-23-54)49-90(50-97-72)68(93)53-43-55(73(77,78)79)46-56(44-53)74(80,81)82;;;/h4,6-7,9-12,15-20,22-27,43-44,46-47,59,65,83H,5,8,13-14,21,28-42,45,48-50H2,1-3H3,(H,84,95);3*1H/t65-,72+;;;/m0.../s1. The van der Waals surface area contributed by atoms with Crippen molar-refractivity contribution < 1.29 is 68.9 Å².